The zero-order valence-corrected chi connectivity index (χ0v) is 14.3. The summed E-state index contributed by atoms with van der Waals surface area (Å²) in [5, 5.41) is 0.757. The third kappa shape index (κ3) is 3.66. The molecule has 0 fully saturated rings. The summed E-state index contributed by atoms with van der Waals surface area (Å²) in [6.07, 6.45) is 0.0108. The van der Waals surface area contributed by atoms with Crippen LogP contribution < -0.4 is 15.6 Å². The SMILES string of the molecule is COc1ccc2oc(C(=O)NNC(=O)Cc3ccc(F)cc3)c(C)c2c1. The van der Waals surface area contributed by atoms with Gasteiger partial charge in [0.1, 0.15) is 17.1 Å². The Labute approximate surface area is 148 Å². The molecular formula is C19H17FN2O4. The van der Waals surface area contributed by atoms with Crippen molar-refractivity contribution in [3.8, 4) is 5.75 Å². The number of hydrazine groups is 1. The van der Waals surface area contributed by atoms with Crippen LogP contribution in [-0.4, -0.2) is 18.9 Å². The van der Waals surface area contributed by atoms with Crippen LogP contribution in [0.25, 0.3) is 11.0 Å². The van der Waals surface area contributed by atoms with Crippen molar-refractivity contribution in [2.24, 2.45) is 0 Å². The molecule has 0 spiro atoms. The molecule has 134 valence electrons. The van der Waals surface area contributed by atoms with Gasteiger partial charge >= 0.3 is 5.91 Å². The first-order valence-electron chi connectivity index (χ1n) is 7.88. The average molecular weight is 356 g/mol. The molecule has 1 aromatic heterocycles. The monoisotopic (exact) mass is 356 g/mol. The quantitative estimate of drug-likeness (QED) is 0.705. The fourth-order valence-electron chi connectivity index (χ4n) is 2.56. The molecule has 0 aliphatic carbocycles. The third-order valence-corrected chi connectivity index (χ3v) is 3.94. The van der Waals surface area contributed by atoms with Crippen molar-refractivity contribution in [3.05, 3.63) is 65.2 Å². The fourth-order valence-corrected chi connectivity index (χ4v) is 2.56. The number of furan rings is 1. The Bertz CT molecular complexity index is 964. The Morgan fingerprint density at radius 3 is 2.54 bits per heavy atom. The Morgan fingerprint density at radius 1 is 1.12 bits per heavy atom. The molecule has 3 aromatic rings. The molecule has 2 aromatic carbocycles. The number of amides is 2. The molecule has 2 N–H and O–H groups in total. The van der Waals surface area contributed by atoms with Gasteiger partial charge in [0.25, 0.3) is 0 Å². The van der Waals surface area contributed by atoms with Gasteiger partial charge in [0.15, 0.2) is 5.76 Å². The van der Waals surface area contributed by atoms with Gasteiger partial charge in [0.2, 0.25) is 5.91 Å². The van der Waals surface area contributed by atoms with Crippen molar-refractivity contribution < 1.29 is 23.1 Å². The summed E-state index contributed by atoms with van der Waals surface area (Å²) < 4.78 is 23.6. The third-order valence-electron chi connectivity index (χ3n) is 3.94. The summed E-state index contributed by atoms with van der Waals surface area (Å²) in [7, 11) is 1.56. The van der Waals surface area contributed by atoms with Gasteiger partial charge in [-0.3, -0.25) is 20.4 Å². The lowest BCUT2D eigenvalue weighted by Crippen LogP contribution is -2.42. The van der Waals surface area contributed by atoms with E-state index in [1.54, 1.807) is 32.2 Å². The molecule has 0 atom stereocenters. The van der Waals surface area contributed by atoms with E-state index in [1.165, 1.54) is 24.3 Å². The number of hydrogen-bond acceptors (Lipinski definition) is 4. The number of methoxy groups -OCH3 is 1. The summed E-state index contributed by atoms with van der Waals surface area (Å²) in [6, 6.07) is 10.8. The standard InChI is InChI=1S/C19H17FN2O4/c1-11-15-10-14(25-2)7-8-16(15)26-18(11)19(24)22-21-17(23)9-12-3-5-13(20)6-4-12/h3-8,10H,9H2,1-2H3,(H,21,23)(H,22,24). The highest BCUT2D eigenvalue weighted by Gasteiger charge is 2.18. The zero-order valence-electron chi connectivity index (χ0n) is 14.3. The van der Waals surface area contributed by atoms with Crippen molar-refractivity contribution >= 4 is 22.8 Å². The molecule has 26 heavy (non-hydrogen) atoms. The first-order valence-corrected chi connectivity index (χ1v) is 7.88. The lowest BCUT2D eigenvalue weighted by Gasteiger charge is -2.06. The molecule has 7 heteroatoms. The second-order valence-corrected chi connectivity index (χ2v) is 5.72. The highest BCUT2D eigenvalue weighted by Crippen LogP contribution is 2.28. The Hall–Kier alpha value is -3.35. The summed E-state index contributed by atoms with van der Waals surface area (Å²) >= 11 is 0. The van der Waals surface area contributed by atoms with Gasteiger partial charge in [-0.05, 0) is 42.8 Å². The lowest BCUT2D eigenvalue weighted by atomic mass is 10.1. The number of hydrogen-bond donors (Lipinski definition) is 2. The van der Waals surface area contributed by atoms with Crippen LogP contribution in [0, 0.1) is 12.7 Å². The molecule has 2 amide bonds. The second kappa shape index (κ2) is 7.26. The van der Waals surface area contributed by atoms with E-state index in [1.807, 2.05) is 0 Å². The Kier molecular flexibility index (Phi) is 4.88. The van der Waals surface area contributed by atoms with Crippen LogP contribution in [0.3, 0.4) is 0 Å². The fraction of sp³-hybridized carbons (Fsp3) is 0.158. The van der Waals surface area contributed by atoms with E-state index in [4.69, 9.17) is 9.15 Å². The number of benzene rings is 2. The number of carbonyl (C=O) groups excluding carboxylic acids is 2. The van der Waals surface area contributed by atoms with Gasteiger partial charge in [0.05, 0.1) is 13.5 Å². The normalized spacial score (nSPS) is 10.6. The average Bonchev–Trinajstić information content (AvgIpc) is 2.98. The highest BCUT2D eigenvalue weighted by atomic mass is 19.1. The Morgan fingerprint density at radius 2 is 1.85 bits per heavy atom. The predicted molar refractivity (Wildman–Crippen MR) is 93.2 cm³/mol. The van der Waals surface area contributed by atoms with E-state index in [2.05, 4.69) is 10.9 Å². The van der Waals surface area contributed by atoms with Crippen LogP contribution in [0.15, 0.2) is 46.9 Å². The number of aryl methyl sites for hydroxylation is 1. The molecule has 0 saturated heterocycles. The number of fused-ring (bicyclic) bond motifs is 1. The maximum atomic E-state index is 12.9. The van der Waals surface area contributed by atoms with Crippen molar-refractivity contribution in [1.82, 2.24) is 10.9 Å². The van der Waals surface area contributed by atoms with E-state index in [9.17, 15) is 14.0 Å². The van der Waals surface area contributed by atoms with Crippen molar-refractivity contribution in [1.29, 1.82) is 0 Å². The lowest BCUT2D eigenvalue weighted by molar-refractivity contribution is -0.121. The topological polar surface area (TPSA) is 80.6 Å². The summed E-state index contributed by atoms with van der Waals surface area (Å²) in [5.74, 6) is -0.610. The van der Waals surface area contributed by atoms with Crippen LogP contribution in [0.4, 0.5) is 4.39 Å². The van der Waals surface area contributed by atoms with Crippen LogP contribution >= 0.6 is 0 Å². The van der Waals surface area contributed by atoms with Gasteiger partial charge in [-0.2, -0.15) is 0 Å². The van der Waals surface area contributed by atoms with Gasteiger partial charge in [-0.1, -0.05) is 12.1 Å². The van der Waals surface area contributed by atoms with Gasteiger partial charge < -0.3 is 9.15 Å². The van der Waals surface area contributed by atoms with Crippen molar-refractivity contribution in [2.75, 3.05) is 7.11 Å². The van der Waals surface area contributed by atoms with E-state index < -0.39 is 11.8 Å². The minimum Gasteiger partial charge on any atom is -0.497 e. The highest BCUT2D eigenvalue weighted by molar-refractivity contribution is 5.99. The van der Waals surface area contributed by atoms with E-state index >= 15 is 0 Å². The molecule has 0 bridgehead atoms. The first-order chi connectivity index (χ1) is 12.5. The smallest absolute Gasteiger partial charge is 0.305 e. The van der Waals surface area contributed by atoms with Gasteiger partial charge in [-0.25, -0.2) is 4.39 Å². The summed E-state index contributed by atoms with van der Waals surface area (Å²) in [4.78, 5) is 24.2. The number of rotatable bonds is 4. The van der Waals surface area contributed by atoms with E-state index in [0.29, 0.717) is 22.5 Å². The Balaban J connectivity index is 1.66. The largest absolute Gasteiger partial charge is 0.497 e. The summed E-state index contributed by atoms with van der Waals surface area (Å²) in [5.41, 5.74) is 6.46. The maximum Gasteiger partial charge on any atom is 0.305 e. The van der Waals surface area contributed by atoms with E-state index in [-0.39, 0.29) is 18.0 Å². The minimum atomic E-state index is -0.565. The summed E-state index contributed by atoms with van der Waals surface area (Å²) in [6.45, 7) is 1.75. The molecule has 0 saturated carbocycles. The molecule has 0 aliphatic rings. The van der Waals surface area contributed by atoms with E-state index in [0.717, 1.165) is 5.39 Å². The van der Waals surface area contributed by atoms with Gasteiger partial charge in [-0.15, -0.1) is 0 Å². The molecule has 0 unspecified atom stereocenters. The van der Waals surface area contributed by atoms with Crippen molar-refractivity contribution in [3.63, 3.8) is 0 Å². The zero-order chi connectivity index (χ0) is 18.7. The number of nitrogens with one attached hydrogen (secondary N) is 2. The van der Waals surface area contributed by atoms with Crippen LogP contribution in [0.5, 0.6) is 5.75 Å². The van der Waals surface area contributed by atoms with Crippen LogP contribution in [0.1, 0.15) is 21.7 Å². The molecule has 0 aliphatic heterocycles. The number of carbonyl (C=O) groups is 2. The number of ether oxygens (including phenoxy) is 1. The van der Waals surface area contributed by atoms with Crippen molar-refractivity contribution in [2.45, 2.75) is 13.3 Å². The molecule has 1 heterocycles. The van der Waals surface area contributed by atoms with Gasteiger partial charge in [0, 0.05) is 10.9 Å². The molecular weight excluding hydrogens is 339 g/mol. The minimum absolute atomic E-state index is 0.0108. The molecule has 0 radical (unpaired) electrons. The molecule has 6 nitrogen and oxygen atoms in total. The molecule has 3 rings (SSSR count). The maximum absolute atomic E-state index is 12.9. The number of halogens is 1. The first kappa shape index (κ1) is 17.5. The van der Waals surface area contributed by atoms with Crippen LogP contribution in [-0.2, 0) is 11.2 Å². The predicted octanol–water partition coefficient (Wildman–Crippen LogP) is 2.89. The second-order valence-electron chi connectivity index (χ2n) is 5.72. The van der Waals surface area contributed by atoms with Crippen LogP contribution in [0.2, 0.25) is 0 Å².